The first-order valence-electron chi connectivity index (χ1n) is 4.52. The van der Waals surface area contributed by atoms with Crippen molar-refractivity contribution >= 4 is 21.6 Å². The third-order valence-corrected chi connectivity index (χ3v) is 2.82. The Hall–Kier alpha value is -0.940. The molecule has 0 fully saturated rings. The van der Waals surface area contributed by atoms with Crippen LogP contribution < -0.4 is 5.73 Å². The normalized spacial score (nSPS) is 11.5. The molecule has 2 N–H and O–H groups in total. The van der Waals surface area contributed by atoms with E-state index in [1.807, 2.05) is 19.9 Å². The van der Waals surface area contributed by atoms with Crippen molar-refractivity contribution in [2.45, 2.75) is 25.8 Å². The zero-order chi connectivity index (χ0) is 11.6. The van der Waals surface area contributed by atoms with E-state index in [1.54, 1.807) is 6.07 Å². The number of nitrogens with zero attached hydrogens (tertiary/aromatic N) is 1. The Morgan fingerprint density at radius 3 is 2.60 bits per heavy atom. The predicted octanol–water partition coefficient (Wildman–Crippen LogP) is 2.64. The third-order valence-electron chi connectivity index (χ3n) is 1.90. The molecule has 4 nitrogen and oxygen atoms in total. The Morgan fingerprint density at radius 2 is 2.13 bits per heavy atom. The lowest BCUT2D eigenvalue weighted by molar-refractivity contribution is -0.385. The minimum Gasteiger partial charge on any atom is -0.325 e. The van der Waals surface area contributed by atoms with Crippen molar-refractivity contribution in [2.75, 3.05) is 0 Å². The summed E-state index contributed by atoms with van der Waals surface area (Å²) in [5, 5.41) is 10.7. The van der Waals surface area contributed by atoms with Gasteiger partial charge in [0.2, 0.25) is 0 Å². The van der Waals surface area contributed by atoms with Crippen molar-refractivity contribution in [3.8, 4) is 0 Å². The molecule has 1 rings (SSSR count). The van der Waals surface area contributed by atoms with Crippen LogP contribution in [0.25, 0.3) is 0 Å². The summed E-state index contributed by atoms with van der Waals surface area (Å²) in [5.41, 5.74) is 6.43. The maximum absolute atomic E-state index is 10.7. The third kappa shape index (κ3) is 3.28. The van der Waals surface area contributed by atoms with Gasteiger partial charge in [-0.1, -0.05) is 12.1 Å². The molecule has 0 aliphatic rings. The van der Waals surface area contributed by atoms with Gasteiger partial charge in [-0.25, -0.2) is 0 Å². The summed E-state index contributed by atoms with van der Waals surface area (Å²) < 4.78 is 0.522. The van der Waals surface area contributed by atoms with Crippen molar-refractivity contribution in [2.24, 2.45) is 5.73 Å². The summed E-state index contributed by atoms with van der Waals surface area (Å²) in [6.07, 6.45) is 0.593. The van der Waals surface area contributed by atoms with Gasteiger partial charge in [-0.15, -0.1) is 0 Å². The average Bonchev–Trinajstić information content (AvgIpc) is 2.05. The largest absolute Gasteiger partial charge is 0.325 e. The maximum atomic E-state index is 10.7. The van der Waals surface area contributed by atoms with Gasteiger partial charge >= 0.3 is 0 Å². The molecule has 0 aliphatic carbocycles. The maximum Gasteiger partial charge on any atom is 0.283 e. The van der Waals surface area contributed by atoms with Crippen LogP contribution in [0.5, 0.6) is 0 Å². The highest BCUT2D eigenvalue weighted by Crippen LogP contribution is 2.29. The van der Waals surface area contributed by atoms with E-state index < -0.39 is 4.92 Å². The molecule has 0 saturated heterocycles. The number of hydrogen-bond acceptors (Lipinski definition) is 3. The number of nitrogens with two attached hydrogens (primary N) is 1. The first kappa shape index (κ1) is 12.1. The molecule has 0 unspecified atom stereocenters. The molecule has 0 heterocycles. The van der Waals surface area contributed by atoms with E-state index in [-0.39, 0.29) is 11.2 Å². The Bertz CT molecular complexity index is 385. The standard InChI is InChI=1S/C10H13BrN2O2/c1-10(2,12)6-7-4-3-5-8(9(7)11)13(14)15/h3-5H,6,12H2,1-2H3. The predicted molar refractivity (Wildman–Crippen MR) is 62.8 cm³/mol. The van der Waals surface area contributed by atoms with Crippen LogP contribution in [0.15, 0.2) is 22.7 Å². The molecular weight excluding hydrogens is 260 g/mol. The zero-order valence-electron chi connectivity index (χ0n) is 8.66. The quantitative estimate of drug-likeness (QED) is 0.679. The van der Waals surface area contributed by atoms with Crippen LogP contribution in [0.4, 0.5) is 5.69 Å². The van der Waals surface area contributed by atoms with Gasteiger partial charge in [-0.2, -0.15) is 0 Å². The summed E-state index contributed by atoms with van der Waals surface area (Å²) >= 11 is 3.24. The number of nitro groups is 1. The average molecular weight is 273 g/mol. The smallest absolute Gasteiger partial charge is 0.283 e. The van der Waals surface area contributed by atoms with Gasteiger partial charge in [0.05, 0.1) is 9.40 Å². The van der Waals surface area contributed by atoms with Crippen LogP contribution in [0.2, 0.25) is 0 Å². The number of benzene rings is 1. The summed E-state index contributed by atoms with van der Waals surface area (Å²) in [6.45, 7) is 3.77. The zero-order valence-corrected chi connectivity index (χ0v) is 10.2. The van der Waals surface area contributed by atoms with Gasteiger partial charge in [-0.3, -0.25) is 10.1 Å². The molecule has 0 saturated carbocycles. The molecular formula is C10H13BrN2O2. The highest BCUT2D eigenvalue weighted by Gasteiger charge is 2.19. The van der Waals surface area contributed by atoms with Crippen molar-refractivity contribution in [1.29, 1.82) is 0 Å². The lowest BCUT2D eigenvalue weighted by Gasteiger charge is -2.18. The van der Waals surface area contributed by atoms with Gasteiger partial charge < -0.3 is 5.73 Å². The molecule has 0 spiro atoms. The molecule has 15 heavy (non-hydrogen) atoms. The van der Waals surface area contributed by atoms with Gasteiger partial charge in [0, 0.05) is 11.6 Å². The fraction of sp³-hybridized carbons (Fsp3) is 0.400. The molecule has 1 aromatic carbocycles. The highest BCUT2D eigenvalue weighted by molar-refractivity contribution is 9.10. The summed E-state index contributed by atoms with van der Waals surface area (Å²) in [7, 11) is 0. The number of halogens is 1. The summed E-state index contributed by atoms with van der Waals surface area (Å²) in [6, 6.07) is 4.98. The minimum absolute atomic E-state index is 0.0803. The van der Waals surface area contributed by atoms with E-state index in [0.29, 0.717) is 10.9 Å². The molecule has 0 bridgehead atoms. The fourth-order valence-electron chi connectivity index (χ4n) is 1.33. The molecule has 82 valence electrons. The van der Waals surface area contributed by atoms with Crippen LogP contribution in [-0.4, -0.2) is 10.5 Å². The second-order valence-electron chi connectivity index (χ2n) is 4.17. The monoisotopic (exact) mass is 272 g/mol. The Balaban J connectivity index is 3.10. The van der Waals surface area contributed by atoms with Crippen LogP contribution in [0.1, 0.15) is 19.4 Å². The fourth-order valence-corrected chi connectivity index (χ4v) is 1.88. The summed E-state index contributed by atoms with van der Waals surface area (Å²) in [5.74, 6) is 0. The van der Waals surface area contributed by atoms with Crippen molar-refractivity contribution in [1.82, 2.24) is 0 Å². The highest BCUT2D eigenvalue weighted by atomic mass is 79.9. The van der Waals surface area contributed by atoms with Gasteiger partial charge in [-0.05, 0) is 41.8 Å². The minimum atomic E-state index is -0.406. The SMILES string of the molecule is CC(C)(N)Cc1cccc([N+](=O)[O-])c1Br. The van der Waals surface area contributed by atoms with E-state index in [0.717, 1.165) is 5.56 Å². The van der Waals surface area contributed by atoms with E-state index in [9.17, 15) is 10.1 Å². The summed E-state index contributed by atoms with van der Waals surface area (Å²) in [4.78, 5) is 10.3. The molecule has 5 heteroatoms. The Kier molecular flexibility index (Phi) is 3.46. The Labute approximate surface area is 96.8 Å². The van der Waals surface area contributed by atoms with Crippen molar-refractivity contribution in [3.05, 3.63) is 38.3 Å². The molecule has 1 aromatic rings. The second kappa shape index (κ2) is 4.28. The van der Waals surface area contributed by atoms with Crippen LogP contribution in [0, 0.1) is 10.1 Å². The van der Waals surface area contributed by atoms with E-state index >= 15 is 0 Å². The lowest BCUT2D eigenvalue weighted by Crippen LogP contribution is -2.34. The molecule has 0 radical (unpaired) electrons. The van der Waals surface area contributed by atoms with Gasteiger partial charge in [0.25, 0.3) is 5.69 Å². The van der Waals surface area contributed by atoms with Crippen LogP contribution in [0.3, 0.4) is 0 Å². The van der Waals surface area contributed by atoms with E-state index in [2.05, 4.69) is 15.9 Å². The first-order chi connectivity index (χ1) is 6.81. The number of rotatable bonds is 3. The van der Waals surface area contributed by atoms with E-state index in [1.165, 1.54) is 6.07 Å². The van der Waals surface area contributed by atoms with Gasteiger partial charge in [0.1, 0.15) is 0 Å². The van der Waals surface area contributed by atoms with Crippen LogP contribution in [-0.2, 0) is 6.42 Å². The van der Waals surface area contributed by atoms with Crippen LogP contribution >= 0.6 is 15.9 Å². The van der Waals surface area contributed by atoms with Gasteiger partial charge in [0.15, 0.2) is 0 Å². The lowest BCUT2D eigenvalue weighted by atomic mass is 9.96. The Morgan fingerprint density at radius 1 is 1.53 bits per heavy atom. The molecule has 0 aliphatic heterocycles. The number of hydrogen-bond donors (Lipinski definition) is 1. The first-order valence-corrected chi connectivity index (χ1v) is 5.31. The number of nitro benzene ring substituents is 1. The van der Waals surface area contributed by atoms with E-state index in [4.69, 9.17) is 5.73 Å². The molecule has 0 aromatic heterocycles. The van der Waals surface area contributed by atoms with Crippen molar-refractivity contribution in [3.63, 3.8) is 0 Å². The second-order valence-corrected chi connectivity index (χ2v) is 4.97. The molecule has 0 atom stereocenters. The van der Waals surface area contributed by atoms with Crippen molar-refractivity contribution < 1.29 is 4.92 Å². The topological polar surface area (TPSA) is 69.2 Å². The molecule has 0 amide bonds.